The number of aliphatic carboxylic acids is 1. The van der Waals surface area contributed by atoms with Crippen LogP contribution in [-0.4, -0.2) is 28.2 Å². The van der Waals surface area contributed by atoms with E-state index in [1.54, 1.807) is 7.11 Å². The number of aryl methyl sites for hydroxylation is 2. The van der Waals surface area contributed by atoms with E-state index < -0.39 is 5.97 Å². The normalized spacial score (nSPS) is 10.6. The first-order valence-electron chi connectivity index (χ1n) is 6.39. The van der Waals surface area contributed by atoms with Gasteiger partial charge in [-0.25, -0.2) is 4.98 Å². The lowest BCUT2D eigenvalue weighted by Crippen LogP contribution is -2.02. The summed E-state index contributed by atoms with van der Waals surface area (Å²) < 4.78 is 5.23. The maximum absolute atomic E-state index is 10.7. The maximum Gasteiger partial charge on any atom is 0.309 e. The van der Waals surface area contributed by atoms with Gasteiger partial charge in [-0.15, -0.1) is 0 Å². The molecule has 2 rings (SSSR count). The van der Waals surface area contributed by atoms with Gasteiger partial charge in [0.1, 0.15) is 11.6 Å². The van der Waals surface area contributed by atoms with Crippen molar-refractivity contribution in [2.24, 2.45) is 0 Å². The Labute approximate surface area is 117 Å². The van der Waals surface area contributed by atoms with E-state index in [4.69, 9.17) is 9.84 Å². The summed E-state index contributed by atoms with van der Waals surface area (Å²) in [5.74, 6) is 0.769. The van der Waals surface area contributed by atoms with Crippen LogP contribution in [0.1, 0.15) is 28.3 Å². The Balaban J connectivity index is 2.17. The number of hydrogen-bond acceptors (Lipinski definition) is 3. The molecule has 20 heavy (non-hydrogen) atoms. The first kappa shape index (κ1) is 14.1. The second-order valence-electron chi connectivity index (χ2n) is 4.81. The van der Waals surface area contributed by atoms with Crippen molar-refractivity contribution in [1.29, 1.82) is 0 Å². The van der Waals surface area contributed by atoms with Gasteiger partial charge in [-0.1, -0.05) is 12.1 Å². The standard InChI is InChI=1S/C15H18N2O3/c1-9-6-11(4-5-13(9)20-3)7-14-16-10(2)12(17-14)8-15(18)19/h4-6H,7-8H2,1-3H3,(H,16,17)(H,18,19). The van der Waals surface area contributed by atoms with Crippen molar-refractivity contribution < 1.29 is 14.6 Å². The summed E-state index contributed by atoms with van der Waals surface area (Å²) in [5.41, 5.74) is 3.59. The lowest BCUT2D eigenvalue weighted by Gasteiger charge is -2.06. The molecule has 5 heteroatoms. The van der Waals surface area contributed by atoms with E-state index in [0.29, 0.717) is 12.1 Å². The second kappa shape index (κ2) is 5.77. The van der Waals surface area contributed by atoms with Crippen LogP contribution in [0.3, 0.4) is 0 Å². The number of benzene rings is 1. The third-order valence-electron chi connectivity index (χ3n) is 3.18. The number of ether oxygens (including phenoxy) is 1. The average Bonchev–Trinajstić information content (AvgIpc) is 2.69. The number of rotatable bonds is 5. The Bertz CT molecular complexity index is 632. The lowest BCUT2D eigenvalue weighted by atomic mass is 10.1. The minimum atomic E-state index is -0.869. The number of aromatic amines is 1. The summed E-state index contributed by atoms with van der Waals surface area (Å²) >= 11 is 0. The third kappa shape index (κ3) is 3.17. The van der Waals surface area contributed by atoms with Crippen LogP contribution < -0.4 is 4.74 Å². The highest BCUT2D eigenvalue weighted by molar-refractivity contribution is 5.69. The molecule has 1 aromatic carbocycles. The van der Waals surface area contributed by atoms with Crippen LogP contribution in [-0.2, 0) is 17.6 Å². The number of methoxy groups -OCH3 is 1. The number of nitrogens with zero attached hydrogens (tertiary/aromatic N) is 1. The van der Waals surface area contributed by atoms with Crippen molar-refractivity contribution in [2.45, 2.75) is 26.7 Å². The average molecular weight is 274 g/mol. The van der Waals surface area contributed by atoms with Crippen molar-refractivity contribution in [2.75, 3.05) is 7.11 Å². The van der Waals surface area contributed by atoms with Gasteiger partial charge in [0.25, 0.3) is 0 Å². The molecular formula is C15H18N2O3. The van der Waals surface area contributed by atoms with Gasteiger partial charge in [-0.3, -0.25) is 4.79 Å². The number of nitrogens with one attached hydrogen (secondary N) is 1. The molecule has 0 aliphatic heterocycles. The van der Waals surface area contributed by atoms with E-state index in [1.807, 2.05) is 32.0 Å². The molecule has 0 radical (unpaired) electrons. The second-order valence-corrected chi connectivity index (χ2v) is 4.81. The van der Waals surface area contributed by atoms with Crippen LogP contribution in [0.2, 0.25) is 0 Å². The molecule has 1 aromatic heterocycles. The third-order valence-corrected chi connectivity index (χ3v) is 3.18. The minimum Gasteiger partial charge on any atom is -0.496 e. The molecule has 1 heterocycles. The van der Waals surface area contributed by atoms with Crippen LogP contribution in [0.4, 0.5) is 0 Å². The first-order valence-corrected chi connectivity index (χ1v) is 6.39. The molecule has 5 nitrogen and oxygen atoms in total. The fourth-order valence-electron chi connectivity index (χ4n) is 2.21. The van der Waals surface area contributed by atoms with Gasteiger partial charge in [0.05, 0.1) is 19.2 Å². The van der Waals surface area contributed by atoms with E-state index in [9.17, 15) is 4.79 Å². The zero-order valence-electron chi connectivity index (χ0n) is 11.9. The monoisotopic (exact) mass is 274 g/mol. The lowest BCUT2D eigenvalue weighted by molar-refractivity contribution is -0.136. The van der Waals surface area contributed by atoms with E-state index in [-0.39, 0.29) is 6.42 Å². The number of imidazole rings is 1. The van der Waals surface area contributed by atoms with Gasteiger partial charge in [0.2, 0.25) is 0 Å². The molecule has 0 unspecified atom stereocenters. The van der Waals surface area contributed by atoms with Gasteiger partial charge in [0.15, 0.2) is 0 Å². The summed E-state index contributed by atoms with van der Waals surface area (Å²) in [5, 5.41) is 8.82. The first-order chi connectivity index (χ1) is 9.49. The molecule has 0 atom stereocenters. The van der Waals surface area contributed by atoms with Crippen LogP contribution in [0.15, 0.2) is 18.2 Å². The number of aromatic nitrogens is 2. The van der Waals surface area contributed by atoms with Gasteiger partial charge in [0, 0.05) is 12.1 Å². The Morgan fingerprint density at radius 3 is 2.75 bits per heavy atom. The van der Waals surface area contributed by atoms with Crippen molar-refractivity contribution in [3.8, 4) is 5.75 Å². The van der Waals surface area contributed by atoms with Crippen LogP contribution in [0.25, 0.3) is 0 Å². The fourth-order valence-corrected chi connectivity index (χ4v) is 2.21. The van der Waals surface area contributed by atoms with E-state index >= 15 is 0 Å². The molecular weight excluding hydrogens is 256 g/mol. The highest BCUT2D eigenvalue weighted by Gasteiger charge is 2.11. The van der Waals surface area contributed by atoms with Gasteiger partial charge >= 0.3 is 5.97 Å². The highest BCUT2D eigenvalue weighted by atomic mass is 16.5. The Morgan fingerprint density at radius 1 is 1.40 bits per heavy atom. The molecule has 0 spiro atoms. The minimum absolute atomic E-state index is 0.0516. The molecule has 2 N–H and O–H groups in total. The van der Waals surface area contributed by atoms with Gasteiger partial charge in [-0.2, -0.15) is 0 Å². The van der Waals surface area contributed by atoms with Crippen LogP contribution in [0, 0.1) is 13.8 Å². The number of hydrogen-bond donors (Lipinski definition) is 2. The zero-order chi connectivity index (χ0) is 14.7. The molecule has 0 saturated heterocycles. The van der Waals surface area contributed by atoms with Gasteiger partial charge < -0.3 is 14.8 Å². The summed E-state index contributed by atoms with van der Waals surface area (Å²) in [6, 6.07) is 5.97. The van der Waals surface area contributed by atoms with E-state index in [1.165, 1.54) is 0 Å². The molecule has 2 aromatic rings. The predicted molar refractivity (Wildman–Crippen MR) is 75.2 cm³/mol. The zero-order valence-corrected chi connectivity index (χ0v) is 11.9. The smallest absolute Gasteiger partial charge is 0.309 e. The Hall–Kier alpha value is -2.30. The fraction of sp³-hybridized carbons (Fsp3) is 0.333. The highest BCUT2D eigenvalue weighted by Crippen LogP contribution is 2.20. The number of H-pyrrole nitrogens is 1. The molecule has 0 bridgehead atoms. The Morgan fingerprint density at radius 2 is 2.15 bits per heavy atom. The molecule has 106 valence electrons. The summed E-state index contributed by atoms with van der Waals surface area (Å²) in [4.78, 5) is 18.2. The molecule has 0 saturated carbocycles. The van der Waals surface area contributed by atoms with Crippen LogP contribution >= 0.6 is 0 Å². The summed E-state index contributed by atoms with van der Waals surface area (Å²) in [6.07, 6.45) is 0.593. The summed E-state index contributed by atoms with van der Waals surface area (Å²) in [7, 11) is 1.65. The molecule has 0 fully saturated rings. The number of carboxylic acid groups (broad SMARTS) is 1. The Kier molecular flexibility index (Phi) is 4.08. The predicted octanol–water partition coefficient (Wildman–Crippen LogP) is 2.25. The molecule has 0 aliphatic rings. The number of carbonyl (C=O) groups is 1. The van der Waals surface area contributed by atoms with Gasteiger partial charge in [-0.05, 0) is 31.0 Å². The van der Waals surface area contributed by atoms with E-state index in [2.05, 4.69) is 9.97 Å². The van der Waals surface area contributed by atoms with Crippen molar-refractivity contribution in [1.82, 2.24) is 9.97 Å². The van der Waals surface area contributed by atoms with E-state index in [0.717, 1.165) is 28.4 Å². The van der Waals surface area contributed by atoms with Crippen molar-refractivity contribution >= 4 is 5.97 Å². The topological polar surface area (TPSA) is 75.2 Å². The van der Waals surface area contributed by atoms with Crippen molar-refractivity contribution in [3.63, 3.8) is 0 Å². The largest absolute Gasteiger partial charge is 0.496 e. The maximum atomic E-state index is 10.7. The molecule has 0 aliphatic carbocycles. The summed E-state index contributed by atoms with van der Waals surface area (Å²) in [6.45, 7) is 3.83. The quantitative estimate of drug-likeness (QED) is 0.877. The van der Waals surface area contributed by atoms with Crippen LogP contribution in [0.5, 0.6) is 5.75 Å². The van der Waals surface area contributed by atoms with Crippen molar-refractivity contribution in [3.05, 3.63) is 46.5 Å². The SMILES string of the molecule is COc1ccc(Cc2nc(CC(=O)O)c(C)[nH]2)cc1C. The molecule has 0 amide bonds. The number of carboxylic acids is 1.